The lowest BCUT2D eigenvalue weighted by molar-refractivity contribution is -0.127. The predicted molar refractivity (Wildman–Crippen MR) is 137 cm³/mol. The minimum atomic E-state index is -0.265. The summed E-state index contributed by atoms with van der Waals surface area (Å²) in [5.41, 5.74) is 2.90. The molecule has 2 saturated carbocycles. The molecule has 0 aliphatic heterocycles. The van der Waals surface area contributed by atoms with E-state index in [9.17, 15) is 4.79 Å². The smallest absolute Gasteiger partial charge is 0.243 e. The standard InChI is InChI=1S/C29H37N3O2/c1-2-34-26-20-12-9-17-23(26)28-31-24-18-10-11-19-25(24)32(28)27(21-13-5-3-6-14-21)29(33)30-22-15-7-4-8-16-22/h9-12,17-22,27H,2-8,13-16H2,1H3,(H,30,33). The molecule has 180 valence electrons. The lowest BCUT2D eigenvalue weighted by Crippen LogP contribution is -2.43. The average molecular weight is 460 g/mol. The Balaban J connectivity index is 1.63. The van der Waals surface area contributed by atoms with Crippen LogP contribution in [0.15, 0.2) is 48.5 Å². The third-order valence-electron chi connectivity index (χ3n) is 7.62. The van der Waals surface area contributed by atoms with E-state index in [4.69, 9.17) is 9.72 Å². The molecule has 5 nitrogen and oxygen atoms in total. The molecule has 1 N–H and O–H groups in total. The summed E-state index contributed by atoms with van der Waals surface area (Å²) in [7, 11) is 0. The Hall–Kier alpha value is -2.82. The highest BCUT2D eigenvalue weighted by Gasteiger charge is 2.35. The molecule has 2 aromatic carbocycles. The van der Waals surface area contributed by atoms with Crippen LogP contribution in [0.2, 0.25) is 0 Å². The van der Waals surface area contributed by atoms with Gasteiger partial charge < -0.3 is 14.6 Å². The summed E-state index contributed by atoms with van der Waals surface area (Å²) in [5.74, 6) is 2.13. The summed E-state index contributed by atoms with van der Waals surface area (Å²) in [4.78, 5) is 19.1. The summed E-state index contributed by atoms with van der Waals surface area (Å²) in [6.07, 6.45) is 11.7. The van der Waals surface area contributed by atoms with Gasteiger partial charge in [0.05, 0.1) is 23.2 Å². The number of aromatic nitrogens is 2. The fraction of sp³-hybridized carbons (Fsp3) is 0.517. The largest absolute Gasteiger partial charge is 0.493 e. The number of fused-ring (bicyclic) bond motifs is 1. The summed E-state index contributed by atoms with van der Waals surface area (Å²) in [6, 6.07) is 16.4. The van der Waals surface area contributed by atoms with Gasteiger partial charge in [0.15, 0.2) is 0 Å². The van der Waals surface area contributed by atoms with Crippen LogP contribution in [-0.2, 0) is 4.79 Å². The molecule has 2 fully saturated rings. The number of nitrogens with one attached hydrogen (secondary N) is 1. The van der Waals surface area contributed by atoms with E-state index in [-0.39, 0.29) is 11.9 Å². The lowest BCUT2D eigenvalue weighted by atomic mass is 9.82. The van der Waals surface area contributed by atoms with Crippen LogP contribution in [0.1, 0.15) is 77.2 Å². The number of ether oxygens (including phenoxy) is 1. The molecular weight excluding hydrogens is 422 g/mol. The Labute approximate surface area is 202 Å². The molecule has 3 aromatic rings. The fourth-order valence-electron chi connectivity index (χ4n) is 5.97. The first kappa shape index (κ1) is 22.9. The summed E-state index contributed by atoms with van der Waals surface area (Å²) < 4.78 is 8.23. The zero-order valence-electron chi connectivity index (χ0n) is 20.3. The Bertz CT molecular complexity index is 1110. The highest BCUT2D eigenvalue weighted by atomic mass is 16.5. The number of para-hydroxylation sites is 3. The highest BCUT2D eigenvalue weighted by molar-refractivity contribution is 5.88. The lowest BCUT2D eigenvalue weighted by Gasteiger charge is -2.34. The van der Waals surface area contributed by atoms with Gasteiger partial charge in [-0.1, -0.05) is 62.8 Å². The summed E-state index contributed by atoms with van der Waals surface area (Å²) in [6.45, 7) is 2.59. The number of amides is 1. The third kappa shape index (κ3) is 4.70. The van der Waals surface area contributed by atoms with Crippen LogP contribution >= 0.6 is 0 Å². The van der Waals surface area contributed by atoms with Gasteiger partial charge in [0.1, 0.15) is 17.6 Å². The Kier molecular flexibility index (Phi) is 7.17. The first-order chi connectivity index (χ1) is 16.8. The van der Waals surface area contributed by atoms with Gasteiger partial charge in [-0.15, -0.1) is 0 Å². The zero-order valence-corrected chi connectivity index (χ0v) is 20.3. The van der Waals surface area contributed by atoms with Crippen molar-refractivity contribution in [2.45, 2.75) is 83.2 Å². The van der Waals surface area contributed by atoms with Crippen LogP contribution in [0.5, 0.6) is 5.75 Å². The number of carbonyl (C=O) groups excluding carboxylic acids is 1. The second-order valence-corrected chi connectivity index (χ2v) is 9.91. The highest BCUT2D eigenvalue weighted by Crippen LogP contribution is 2.40. The first-order valence-corrected chi connectivity index (χ1v) is 13.3. The molecule has 2 aliphatic rings. The SMILES string of the molecule is CCOc1ccccc1-c1nc2ccccc2n1C(C(=O)NC1CCCCC1)C1CCCCC1. The molecule has 0 spiro atoms. The van der Waals surface area contributed by atoms with E-state index in [0.29, 0.717) is 18.6 Å². The van der Waals surface area contributed by atoms with Crippen molar-refractivity contribution in [1.82, 2.24) is 14.9 Å². The van der Waals surface area contributed by atoms with Gasteiger partial charge in [-0.2, -0.15) is 0 Å². The molecule has 1 unspecified atom stereocenters. The number of hydrogen-bond donors (Lipinski definition) is 1. The molecule has 1 aromatic heterocycles. The molecule has 1 amide bonds. The third-order valence-corrected chi connectivity index (χ3v) is 7.62. The van der Waals surface area contributed by atoms with Gasteiger partial charge in [0, 0.05) is 6.04 Å². The maximum absolute atomic E-state index is 14.1. The van der Waals surface area contributed by atoms with E-state index in [0.717, 1.165) is 53.9 Å². The summed E-state index contributed by atoms with van der Waals surface area (Å²) in [5, 5.41) is 3.47. The minimum absolute atomic E-state index is 0.164. The van der Waals surface area contributed by atoms with Crippen LogP contribution in [0.3, 0.4) is 0 Å². The van der Waals surface area contributed by atoms with Crippen LogP contribution < -0.4 is 10.1 Å². The van der Waals surface area contributed by atoms with Crippen molar-refractivity contribution >= 4 is 16.9 Å². The molecule has 1 heterocycles. The quantitative estimate of drug-likeness (QED) is 0.429. The zero-order chi connectivity index (χ0) is 23.3. The molecule has 0 radical (unpaired) electrons. The number of benzene rings is 2. The van der Waals surface area contributed by atoms with Gasteiger partial charge in [0.2, 0.25) is 5.91 Å². The minimum Gasteiger partial charge on any atom is -0.493 e. The van der Waals surface area contributed by atoms with E-state index in [2.05, 4.69) is 34.1 Å². The number of nitrogens with zero attached hydrogens (tertiary/aromatic N) is 2. The second kappa shape index (κ2) is 10.6. The molecule has 5 rings (SSSR count). The van der Waals surface area contributed by atoms with Gasteiger partial charge in [-0.05, 0) is 62.8 Å². The Morgan fingerprint density at radius 2 is 1.65 bits per heavy atom. The normalized spacial score (nSPS) is 18.6. The fourth-order valence-corrected chi connectivity index (χ4v) is 5.97. The number of imidazole rings is 1. The first-order valence-electron chi connectivity index (χ1n) is 13.3. The summed E-state index contributed by atoms with van der Waals surface area (Å²) >= 11 is 0. The van der Waals surface area contributed by atoms with Gasteiger partial charge >= 0.3 is 0 Å². The molecular formula is C29H37N3O2. The van der Waals surface area contributed by atoms with Crippen LogP contribution in [0, 0.1) is 5.92 Å². The van der Waals surface area contributed by atoms with E-state index < -0.39 is 0 Å². The van der Waals surface area contributed by atoms with E-state index in [1.807, 2.05) is 31.2 Å². The Morgan fingerprint density at radius 3 is 2.41 bits per heavy atom. The molecule has 1 atom stereocenters. The molecule has 0 bridgehead atoms. The van der Waals surface area contributed by atoms with Crippen molar-refractivity contribution in [3.63, 3.8) is 0 Å². The van der Waals surface area contributed by atoms with Gasteiger partial charge in [-0.3, -0.25) is 4.79 Å². The maximum Gasteiger partial charge on any atom is 0.243 e. The van der Waals surface area contributed by atoms with Gasteiger partial charge in [-0.25, -0.2) is 4.98 Å². The van der Waals surface area contributed by atoms with E-state index in [1.54, 1.807) is 0 Å². The topological polar surface area (TPSA) is 56.2 Å². The second-order valence-electron chi connectivity index (χ2n) is 9.91. The van der Waals surface area contributed by atoms with Crippen molar-refractivity contribution < 1.29 is 9.53 Å². The molecule has 34 heavy (non-hydrogen) atoms. The number of rotatable bonds is 7. The molecule has 0 saturated heterocycles. The molecule has 5 heteroatoms. The molecule has 2 aliphatic carbocycles. The maximum atomic E-state index is 14.1. The van der Waals surface area contributed by atoms with E-state index >= 15 is 0 Å². The van der Waals surface area contributed by atoms with E-state index in [1.165, 1.54) is 38.5 Å². The van der Waals surface area contributed by atoms with Crippen LogP contribution in [0.25, 0.3) is 22.4 Å². The monoisotopic (exact) mass is 459 g/mol. The van der Waals surface area contributed by atoms with Crippen molar-refractivity contribution in [3.05, 3.63) is 48.5 Å². The number of carbonyl (C=O) groups is 1. The number of hydrogen-bond acceptors (Lipinski definition) is 3. The van der Waals surface area contributed by atoms with Crippen molar-refractivity contribution in [1.29, 1.82) is 0 Å². The average Bonchev–Trinajstić information content (AvgIpc) is 3.25. The van der Waals surface area contributed by atoms with Crippen molar-refractivity contribution in [2.24, 2.45) is 5.92 Å². The van der Waals surface area contributed by atoms with Crippen LogP contribution in [-0.4, -0.2) is 28.1 Å². The Morgan fingerprint density at radius 1 is 0.971 bits per heavy atom. The van der Waals surface area contributed by atoms with Gasteiger partial charge in [0.25, 0.3) is 0 Å². The van der Waals surface area contributed by atoms with Crippen LogP contribution in [0.4, 0.5) is 0 Å². The van der Waals surface area contributed by atoms with Crippen molar-refractivity contribution in [2.75, 3.05) is 6.61 Å². The predicted octanol–water partition coefficient (Wildman–Crippen LogP) is 6.67. The van der Waals surface area contributed by atoms with Crippen molar-refractivity contribution in [3.8, 4) is 17.1 Å².